The minimum absolute atomic E-state index is 0.262. The van der Waals surface area contributed by atoms with Gasteiger partial charge >= 0.3 is 0 Å². The number of hydrogen-bond acceptors (Lipinski definition) is 3. The summed E-state index contributed by atoms with van der Waals surface area (Å²) < 4.78 is 5.52. The van der Waals surface area contributed by atoms with Gasteiger partial charge in [-0.1, -0.05) is 37.1 Å². The molecule has 0 saturated heterocycles. The molecule has 2 nitrogen and oxygen atoms in total. The smallest absolute Gasteiger partial charge is 0.123 e. The van der Waals surface area contributed by atoms with Gasteiger partial charge in [-0.3, -0.25) is 0 Å². The summed E-state index contributed by atoms with van der Waals surface area (Å²) in [6, 6.07) is 11.4. The van der Waals surface area contributed by atoms with Crippen LogP contribution in [0.5, 0.6) is 5.75 Å². The van der Waals surface area contributed by atoms with E-state index in [2.05, 4.69) is 61.8 Å². The first-order valence-corrected chi connectivity index (χ1v) is 8.47. The topological polar surface area (TPSA) is 21.3 Å². The molecule has 1 aromatic heterocycles. The normalized spacial score (nSPS) is 13.9. The molecule has 0 fully saturated rings. The Morgan fingerprint density at radius 1 is 1.29 bits per heavy atom. The molecule has 1 aromatic carbocycles. The lowest BCUT2D eigenvalue weighted by molar-refractivity contribution is 0.390. The van der Waals surface area contributed by atoms with Crippen molar-refractivity contribution in [2.45, 2.75) is 45.7 Å². The molecule has 0 aliphatic heterocycles. The second kappa shape index (κ2) is 7.62. The molecule has 0 spiro atoms. The first-order chi connectivity index (χ1) is 10.2. The van der Waals surface area contributed by atoms with Crippen molar-refractivity contribution in [2.24, 2.45) is 0 Å². The Bertz CT molecular complexity index is 550. The largest absolute Gasteiger partial charge is 0.496 e. The lowest BCUT2D eigenvalue weighted by Crippen LogP contribution is -2.24. The third-order valence-electron chi connectivity index (χ3n) is 3.77. The van der Waals surface area contributed by atoms with Crippen molar-refractivity contribution in [3.8, 4) is 5.75 Å². The Morgan fingerprint density at radius 3 is 2.71 bits per heavy atom. The predicted octanol–water partition coefficient (Wildman–Crippen LogP) is 5.26. The Kier molecular flexibility index (Phi) is 5.83. The van der Waals surface area contributed by atoms with Crippen LogP contribution in [0.15, 0.2) is 35.7 Å². The van der Waals surface area contributed by atoms with Gasteiger partial charge in [-0.25, -0.2) is 0 Å². The molecule has 0 aliphatic carbocycles. The predicted molar refractivity (Wildman–Crippen MR) is 91.2 cm³/mol. The van der Waals surface area contributed by atoms with Gasteiger partial charge < -0.3 is 10.1 Å². The van der Waals surface area contributed by atoms with Gasteiger partial charge in [0, 0.05) is 22.5 Å². The lowest BCUT2D eigenvalue weighted by Gasteiger charge is -2.24. The molecule has 2 atom stereocenters. The van der Waals surface area contributed by atoms with Gasteiger partial charge in [0.15, 0.2) is 0 Å². The molecule has 1 N–H and O–H groups in total. The number of nitrogens with one attached hydrogen (secondary N) is 1. The van der Waals surface area contributed by atoms with E-state index in [-0.39, 0.29) is 6.04 Å². The molecule has 0 bridgehead atoms. The molecule has 0 aliphatic rings. The highest BCUT2D eigenvalue weighted by Crippen LogP contribution is 2.30. The first kappa shape index (κ1) is 16.1. The van der Waals surface area contributed by atoms with Crippen LogP contribution in [0.3, 0.4) is 0 Å². The fraction of sp³-hybridized carbons (Fsp3) is 0.444. The maximum absolute atomic E-state index is 5.52. The average Bonchev–Trinajstić information content (AvgIpc) is 3.00. The van der Waals surface area contributed by atoms with E-state index in [1.165, 1.54) is 22.4 Å². The summed E-state index contributed by atoms with van der Waals surface area (Å²) in [7, 11) is 1.74. The highest BCUT2D eigenvalue weighted by atomic mass is 32.1. The van der Waals surface area contributed by atoms with Crippen molar-refractivity contribution >= 4 is 11.3 Å². The standard InChI is InChI=1S/C18H25NOS/c1-5-7-16(18-8-6-11-21-18)19-14(3)15-12-13(2)9-10-17(15)20-4/h6,8-12,14,16,19H,5,7H2,1-4H3. The van der Waals surface area contributed by atoms with Crippen LogP contribution in [0.4, 0.5) is 0 Å². The molecular weight excluding hydrogens is 278 g/mol. The molecule has 114 valence electrons. The van der Waals surface area contributed by atoms with Crippen molar-refractivity contribution in [3.63, 3.8) is 0 Å². The van der Waals surface area contributed by atoms with Gasteiger partial charge in [-0.15, -0.1) is 11.3 Å². The van der Waals surface area contributed by atoms with E-state index in [9.17, 15) is 0 Å². The third kappa shape index (κ3) is 4.08. The van der Waals surface area contributed by atoms with Crippen molar-refractivity contribution < 1.29 is 4.74 Å². The second-order valence-electron chi connectivity index (χ2n) is 5.49. The second-order valence-corrected chi connectivity index (χ2v) is 6.47. The van der Waals surface area contributed by atoms with Crippen LogP contribution in [0, 0.1) is 6.92 Å². The van der Waals surface area contributed by atoms with E-state index in [4.69, 9.17) is 4.74 Å². The minimum atomic E-state index is 0.262. The van der Waals surface area contributed by atoms with Crippen molar-refractivity contribution in [1.29, 1.82) is 0 Å². The summed E-state index contributed by atoms with van der Waals surface area (Å²) in [6.07, 6.45) is 2.33. The summed E-state index contributed by atoms with van der Waals surface area (Å²) in [4.78, 5) is 1.41. The van der Waals surface area contributed by atoms with Crippen LogP contribution >= 0.6 is 11.3 Å². The molecule has 1 heterocycles. The fourth-order valence-corrected chi connectivity index (χ4v) is 3.49. The zero-order chi connectivity index (χ0) is 15.2. The summed E-state index contributed by atoms with van der Waals surface area (Å²) in [6.45, 7) is 6.58. The lowest BCUT2D eigenvalue weighted by atomic mass is 10.0. The van der Waals surface area contributed by atoms with Gasteiger partial charge in [0.1, 0.15) is 5.75 Å². The Hall–Kier alpha value is -1.32. The van der Waals surface area contributed by atoms with Gasteiger partial charge in [0.2, 0.25) is 0 Å². The van der Waals surface area contributed by atoms with Crippen LogP contribution in [0.25, 0.3) is 0 Å². The molecule has 0 radical (unpaired) electrons. The van der Waals surface area contributed by atoms with Gasteiger partial charge in [0.05, 0.1) is 7.11 Å². The minimum Gasteiger partial charge on any atom is -0.496 e. The SMILES string of the molecule is CCCC(NC(C)c1cc(C)ccc1OC)c1cccs1. The van der Waals surface area contributed by atoms with Gasteiger partial charge in [0.25, 0.3) is 0 Å². The number of benzene rings is 1. The molecule has 3 heteroatoms. The zero-order valence-electron chi connectivity index (χ0n) is 13.3. The van der Waals surface area contributed by atoms with Crippen LogP contribution < -0.4 is 10.1 Å². The molecule has 0 amide bonds. The van der Waals surface area contributed by atoms with E-state index < -0.39 is 0 Å². The Labute approximate surface area is 132 Å². The molecule has 2 unspecified atom stereocenters. The van der Waals surface area contributed by atoms with Crippen molar-refractivity contribution in [2.75, 3.05) is 7.11 Å². The maximum Gasteiger partial charge on any atom is 0.123 e. The number of hydrogen-bond donors (Lipinski definition) is 1. The van der Waals surface area contributed by atoms with E-state index in [1.54, 1.807) is 7.11 Å². The van der Waals surface area contributed by atoms with Crippen LogP contribution in [0.2, 0.25) is 0 Å². The van der Waals surface area contributed by atoms with Crippen LogP contribution in [-0.2, 0) is 0 Å². The quantitative estimate of drug-likeness (QED) is 0.753. The summed E-state index contributed by atoms with van der Waals surface area (Å²) >= 11 is 1.83. The number of ether oxygens (including phenoxy) is 1. The van der Waals surface area contributed by atoms with E-state index in [1.807, 2.05) is 11.3 Å². The zero-order valence-corrected chi connectivity index (χ0v) is 14.2. The van der Waals surface area contributed by atoms with E-state index in [0.717, 1.165) is 12.2 Å². The van der Waals surface area contributed by atoms with Crippen molar-refractivity contribution in [3.05, 3.63) is 51.7 Å². The monoisotopic (exact) mass is 303 g/mol. The molecule has 2 rings (SSSR count). The molecule has 0 saturated carbocycles. The highest BCUT2D eigenvalue weighted by Gasteiger charge is 2.18. The number of aryl methyl sites for hydroxylation is 1. The van der Waals surface area contributed by atoms with Crippen LogP contribution in [0.1, 0.15) is 54.8 Å². The fourth-order valence-electron chi connectivity index (χ4n) is 2.67. The van der Waals surface area contributed by atoms with Gasteiger partial charge in [-0.05, 0) is 37.8 Å². The average molecular weight is 303 g/mol. The number of rotatable bonds is 7. The molecule has 2 aromatic rings. The summed E-state index contributed by atoms with van der Waals surface area (Å²) in [5.41, 5.74) is 2.50. The first-order valence-electron chi connectivity index (χ1n) is 7.59. The maximum atomic E-state index is 5.52. The number of thiophene rings is 1. The van der Waals surface area contributed by atoms with Gasteiger partial charge in [-0.2, -0.15) is 0 Å². The summed E-state index contributed by atoms with van der Waals surface area (Å²) in [5.74, 6) is 0.960. The Balaban J connectivity index is 2.19. The third-order valence-corrected chi connectivity index (χ3v) is 4.75. The summed E-state index contributed by atoms with van der Waals surface area (Å²) in [5, 5.41) is 5.92. The van der Waals surface area contributed by atoms with Crippen LogP contribution in [-0.4, -0.2) is 7.11 Å². The molecular formula is C18H25NOS. The molecule has 21 heavy (non-hydrogen) atoms. The number of methoxy groups -OCH3 is 1. The Morgan fingerprint density at radius 2 is 2.10 bits per heavy atom. The highest BCUT2D eigenvalue weighted by molar-refractivity contribution is 7.10. The van der Waals surface area contributed by atoms with Crippen molar-refractivity contribution in [1.82, 2.24) is 5.32 Å². The van der Waals surface area contributed by atoms with E-state index >= 15 is 0 Å². The van der Waals surface area contributed by atoms with E-state index in [0.29, 0.717) is 6.04 Å².